The van der Waals surface area contributed by atoms with Crippen LogP contribution in [-0.2, 0) is 26.0 Å². The Balaban J connectivity index is 1.52. The monoisotopic (exact) mass is 471 g/mol. The highest BCUT2D eigenvalue weighted by Gasteiger charge is 2.34. The molecule has 0 aliphatic carbocycles. The maximum absolute atomic E-state index is 13.4. The van der Waals surface area contributed by atoms with E-state index in [1.54, 1.807) is 41.3 Å². The van der Waals surface area contributed by atoms with Gasteiger partial charge in [-0.1, -0.05) is 12.1 Å². The van der Waals surface area contributed by atoms with Crippen LogP contribution < -0.4 is 15.0 Å². The summed E-state index contributed by atoms with van der Waals surface area (Å²) in [6.07, 6.45) is 2.74. The van der Waals surface area contributed by atoms with Gasteiger partial charge in [-0.2, -0.15) is 4.31 Å². The average Bonchev–Trinajstić information content (AvgIpc) is 2.83. The zero-order chi connectivity index (χ0) is 23.6. The number of sulfonamides is 1. The Hall–Kier alpha value is -2.91. The predicted molar refractivity (Wildman–Crippen MR) is 126 cm³/mol. The summed E-state index contributed by atoms with van der Waals surface area (Å²) in [7, 11) is -2.22. The highest BCUT2D eigenvalue weighted by atomic mass is 32.2. The number of para-hydroxylation sites is 2. The number of aryl methyl sites for hydroxylation is 1. The molecule has 1 N–H and O–H groups in total. The molecule has 2 amide bonds. The molecule has 0 spiro atoms. The van der Waals surface area contributed by atoms with Crippen LogP contribution in [0.5, 0.6) is 5.75 Å². The molecule has 0 aromatic heterocycles. The lowest BCUT2D eigenvalue weighted by molar-refractivity contribution is -0.121. The molecule has 0 bridgehead atoms. The Labute approximate surface area is 194 Å². The Morgan fingerprint density at radius 1 is 1.09 bits per heavy atom. The molecule has 2 aromatic rings. The SMILES string of the molecule is COc1ccccc1NC(=O)[C@H]1CCCN(S(=O)(=O)c2ccc3c(c2)CCCN3C(C)=O)C1. The third-order valence-electron chi connectivity index (χ3n) is 6.31. The molecule has 0 radical (unpaired) electrons. The molecule has 9 heteroatoms. The first-order chi connectivity index (χ1) is 15.8. The minimum atomic E-state index is -3.76. The Bertz CT molecular complexity index is 1160. The van der Waals surface area contributed by atoms with E-state index in [0.29, 0.717) is 37.4 Å². The van der Waals surface area contributed by atoms with Crippen molar-refractivity contribution in [1.29, 1.82) is 0 Å². The summed E-state index contributed by atoms with van der Waals surface area (Å²) in [6.45, 7) is 2.66. The highest BCUT2D eigenvalue weighted by Crippen LogP contribution is 2.32. The second-order valence-electron chi connectivity index (χ2n) is 8.46. The van der Waals surface area contributed by atoms with Gasteiger partial charge in [0, 0.05) is 32.2 Å². The molecular formula is C24H29N3O5S. The lowest BCUT2D eigenvalue weighted by Crippen LogP contribution is -2.43. The molecule has 2 aliphatic rings. The van der Waals surface area contributed by atoms with Crippen molar-refractivity contribution in [2.45, 2.75) is 37.5 Å². The quantitative estimate of drug-likeness (QED) is 0.723. The third kappa shape index (κ3) is 4.74. The van der Waals surface area contributed by atoms with Crippen molar-refractivity contribution >= 4 is 33.2 Å². The van der Waals surface area contributed by atoms with Crippen molar-refractivity contribution in [3.8, 4) is 5.75 Å². The molecule has 1 fully saturated rings. The minimum absolute atomic E-state index is 0.0495. The van der Waals surface area contributed by atoms with E-state index in [4.69, 9.17) is 4.74 Å². The summed E-state index contributed by atoms with van der Waals surface area (Å²) in [5.74, 6) is -0.169. The number of amides is 2. The van der Waals surface area contributed by atoms with E-state index in [-0.39, 0.29) is 23.3 Å². The summed E-state index contributed by atoms with van der Waals surface area (Å²) in [5, 5.41) is 2.88. The number of hydrogen-bond donors (Lipinski definition) is 1. The molecular weight excluding hydrogens is 442 g/mol. The number of piperidine rings is 1. The first kappa shape index (κ1) is 23.3. The van der Waals surface area contributed by atoms with E-state index in [2.05, 4.69) is 5.32 Å². The summed E-state index contributed by atoms with van der Waals surface area (Å²) in [6, 6.07) is 12.1. The molecule has 0 unspecified atom stereocenters. The molecule has 4 rings (SSSR count). The van der Waals surface area contributed by atoms with Crippen LogP contribution in [0.3, 0.4) is 0 Å². The smallest absolute Gasteiger partial charge is 0.243 e. The van der Waals surface area contributed by atoms with Crippen molar-refractivity contribution < 1.29 is 22.7 Å². The normalized spacial score (nSPS) is 19.0. The summed E-state index contributed by atoms with van der Waals surface area (Å²) in [5.41, 5.74) is 2.20. The van der Waals surface area contributed by atoms with Gasteiger partial charge in [-0.3, -0.25) is 9.59 Å². The molecule has 0 saturated carbocycles. The van der Waals surface area contributed by atoms with Crippen LogP contribution in [0, 0.1) is 5.92 Å². The fourth-order valence-corrected chi connectivity index (χ4v) is 6.14. The molecule has 1 saturated heterocycles. The average molecular weight is 472 g/mol. The fraction of sp³-hybridized carbons (Fsp3) is 0.417. The van der Waals surface area contributed by atoms with Crippen LogP contribution >= 0.6 is 0 Å². The van der Waals surface area contributed by atoms with Gasteiger partial charge in [-0.25, -0.2) is 8.42 Å². The molecule has 1 atom stereocenters. The van der Waals surface area contributed by atoms with E-state index in [9.17, 15) is 18.0 Å². The zero-order valence-electron chi connectivity index (χ0n) is 18.9. The van der Waals surface area contributed by atoms with Crippen LogP contribution in [-0.4, -0.2) is 51.3 Å². The van der Waals surface area contributed by atoms with Crippen molar-refractivity contribution in [2.75, 3.05) is 37.0 Å². The number of ether oxygens (including phenoxy) is 1. The van der Waals surface area contributed by atoms with Gasteiger partial charge in [-0.15, -0.1) is 0 Å². The molecule has 176 valence electrons. The number of anilines is 2. The molecule has 2 aromatic carbocycles. The highest BCUT2D eigenvalue weighted by molar-refractivity contribution is 7.89. The first-order valence-electron chi connectivity index (χ1n) is 11.2. The standard InChI is InChI=1S/C24H29N3O5S/c1-17(28)27-14-6-7-18-15-20(11-12-22(18)27)33(30,31)26-13-5-8-19(16-26)24(29)25-21-9-3-4-10-23(21)32-2/h3-4,9-12,15,19H,5-8,13-14,16H2,1-2H3,(H,25,29)/t19-/m0/s1. The maximum Gasteiger partial charge on any atom is 0.243 e. The van der Waals surface area contributed by atoms with Crippen LogP contribution in [0.15, 0.2) is 47.4 Å². The number of methoxy groups -OCH3 is 1. The van der Waals surface area contributed by atoms with E-state index < -0.39 is 15.9 Å². The number of hydrogen-bond acceptors (Lipinski definition) is 5. The second-order valence-corrected chi connectivity index (χ2v) is 10.4. The number of nitrogens with zero attached hydrogens (tertiary/aromatic N) is 2. The van der Waals surface area contributed by atoms with Crippen LogP contribution in [0.25, 0.3) is 0 Å². The van der Waals surface area contributed by atoms with Gasteiger partial charge < -0.3 is 15.0 Å². The zero-order valence-corrected chi connectivity index (χ0v) is 19.7. The van der Waals surface area contributed by atoms with Crippen molar-refractivity contribution in [1.82, 2.24) is 4.31 Å². The maximum atomic E-state index is 13.4. The number of benzene rings is 2. The van der Waals surface area contributed by atoms with E-state index in [1.165, 1.54) is 18.3 Å². The van der Waals surface area contributed by atoms with Crippen molar-refractivity contribution in [3.05, 3.63) is 48.0 Å². The number of fused-ring (bicyclic) bond motifs is 1. The van der Waals surface area contributed by atoms with Crippen LogP contribution in [0.2, 0.25) is 0 Å². The molecule has 2 heterocycles. The fourth-order valence-electron chi connectivity index (χ4n) is 4.57. The minimum Gasteiger partial charge on any atom is -0.495 e. The van der Waals surface area contributed by atoms with E-state index >= 15 is 0 Å². The summed E-state index contributed by atoms with van der Waals surface area (Å²) >= 11 is 0. The van der Waals surface area contributed by atoms with Gasteiger partial charge in [0.25, 0.3) is 0 Å². The number of nitrogens with one attached hydrogen (secondary N) is 1. The van der Waals surface area contributed by atoms with Crippen LogP contribution in [0.1, 0.15) is 31.7 Å². The second kappa shape index (κ2) is 9.52. The van der Waals surface area contributed by atoms with Gasteiger partial charge in [0.1, 0.15) is 5.75 Å². The molecule has 2 aliphatic heterocycles. The Kier molecular flexibility index (Phi) is 6.71. The van der Waals surface area contributed by atoms with Crippen molar-refractivity contribution in [3.63, 3.8) is 0 Å². The topological polar surface area (TPSA) is 96.0 Å². The predicted octanol–water partition coefficient (Wildman–Crippen LogP) is 3.03. The van der Waals surface area contributed by atoms with Gasteiger partial charge in [0.2, 0.25) is 21.8 Å². The molecule has 8 nitrogen and oxygen atoms in total. The number of rotatable bonds is 5. The number of carbonyl (C=O) groups excluding carboxylic acids is 2. The third-order valence-corrected chi connectivity index (χ3v) is 8.17. The molecule has 33 heavy (non-hydrogen) atoms. The van der Waals surface area contributed by atoms with Crippen LogP contribution in [0.4, 0.5) is 11.4 Å². The van der Waals surface area contributed by atoms with Gasteiger partial charge in [0.05, 0.1) is 23.6 Å². The number of carbonyl (C=O) groups is 2. The first-order valence-corrected chi connectivity index (χ1v) is 12.6. The lowest BCUT2D eigenvalue weighted by Gasteiger charge is -2.32. The van der Waals surface area contributed by atoms with Gasteiger partial charge in [0.15, 0.2) is 0 Å². The van der Waals surface area contributed by atoms with Gasteiger partial charge >= 0.3 is 0 Å². The summed E-state index contributed by atoms with van der Waals surface area (Å²) in [4.78, 5) is 26.7. The summed E-state index contributed by atoms with van der Waals surface area (Å²) < 4.78 is 33.5. The van der Waals surface area contributed by atoms with Gasteiger partial charge in [-0.05, 0) is 61.6 Å². The van der Waals surface area contributed by atoms with E-state index in [0.717, 1.165) is 24.1 Å². The lowest BCUT2D eigenvalue weighted by atomic mass is 9.98. The Morgan fingerprint density at radius 3 is 2.64 bits per heavy atom. The Morgan fingerprint density at radius 2 is 1.88 bits per heavy atom. The largest absolute Gasteiger partial charge is 0.495 e. The van der Waals surface area contributed by atoms with E-state index in [1.807, 2.05) is 6.07 Å². The van der Waals surface area contributed by atoms with Crippen molar-refractivity contribution in [2.24, 2.45) is 5.92 Å².